The van der Waals surface area contributed by atoms with E-state index in [4.69, 9.17) is 10.6 Å². The molecule has 0 saturated carbocycles. The number of thioether (sulfide) groups is 1. The van der Waals surface area contributed by atoms with E-state index in [9.17, 15) is 4.79 Å². The van der Waals surface area contributed by atoms with Gasteiger partial charge in [-0.1, -0.05) is 43.3 Å². The zero-order chi connectivity index (χ0) is 20.3. The fraction of sp³-hybridized carbons (Fsp3) is 0.550. The average molecular weight is 404 g/mol. The van der Waals surface area contributed by atoms with Crippen LogP contribution in [0.1, 0.15) is 37.2 Å². The van der Waals surface area contributed by atoms with Crippen molar-refractivity contribution in [3.63, 3.8) is 0 Å². The number of likely N-dealkylation sites (tertiary alicyclic amines) is 1. The van der Waals surface area contributed by atoms with Crippen LogP contribution in [0, 0.1) is 25.7 Å². The molecule has 1 fully saturated rings. The summed E-state index contributed by atoms with van der Waals surface area (Å²) in [7, 11) is 0. The Morgan fingerprint density at radius 3 is 2.64 bits per heavy atom. The maximum absolute atomic E-state index is 12.5. The van der Waals surface area contributed by atoms with E-state index in [1.54, 1.807) is 0 Å². The van der Waals surface area contributed by atoms with E-state index >= 15 is 0 Å². The summed E-state index contributed by atoms with van der Waals surface area (Å²) >= 11 is 1.32. The van der Waals surface area contributed by atoms with Crippen molar-refractivity contribution in [1.82, 2.24) is 19.8 Å². The molecule has 152 valence electrons. The van der Waals surface area contributed by atoms with E-state index in [1.807, 2.05) is 30.9 Å². The molecular formula is C20H29N5O2S. The molecule has 2 heterocycles. The van der Waals surface area contributed by atoms with E-state index in [2.05, 4.69) is 30.1 Å². The van der Waals surface area contributed by atoms with Crippen molar-refractivity contribution in [1.29, 1.82) is 0 Å². The molecule has 1 amide bonds. The van der Waals surface area contributed by atoms with Crippen molar-refractivity contribution in [3.8, 4) is 5.75 Å². The molecule has 0 spiro atoms. The van der Waals surface area contributed by atoms with E-state index in [0.717, 1.165) is 24.4 Å². The van der Waals surface area contributed by atoms with E-state index in [1.165, 1.54) is 28.4 Å². The molecule has 2 atom stereocenters. The molecule has 1 saturated heterocycles. The van der Waals surface area contributed by atoms with Gasteiger partial charge in [-0.2, -0.15) is 0 Å². The molecule has 1 aliphatic rings. The Morgan fingerprint density at radius 2 is 1.96 bits per heavy atom. The smallest absolute Gasteiger partial charge is 0.233 e. The summed E-state index contributed by atoms with van der Waals surface area (Å²) in [6.07, 6.45) is 1.18. The number of carbonyl (C=O) groups excluding carboxylic acids is 1. The third-order valence-electron chi connectivity index (χ3n) is 4.97. The second-order valence-corrected chi connectivity index (χ2v) is 8.80. The number of nitrogens with zero attached hydrogens (tertiary/aromatic N) is 4. The quantitative estimate of drug-likeness (QED) is 0.590. The molecule has 7 nitrogen and oxygen atoms in total. The van der Waals surface area contributed by atoms with Crippen LogP contribution in [0.4, 0.5) is 0 Å². The van der Waals surface area contributed by atoms with Gasteiger partial charge < -0.3 is 15.5 Å². The SMILES string of the molecule is Cc1ccc(OCc2nnc(SCC(=O)N3CC(C)CC(C)C3)n2N)c(C)c1. The van der Waals surface area contributed by atoms with Crippen LogP contribution in [0.25, 0.3) is 0 Å². The number of nitrogens with two attached hydrogens (primary N) is 1. The molecule has 2 unspecified atom stereocenters. The summed E-state index contributed by atoms with van der Waals surface area (Å²) in [6.45, 7) is 10.3. The minimum absolute atomic E-state index is 0.125. The fourth-order valence-corrected chi connectivity index (χ4v) is 4.47. The van der Waals surface area contributed by atoms with Crippen molar-refractivity contribution in [2.24, 2.45) is 11.8 Å². The van der Waals surface area contributed by atoms with Gasteiger partial charge in [-0.3, -0.25) is 4.79 Å². The molecule has 28 heavy (non-hydrogen) atoms. The maximum atomic E-state index is 12.5. The lowest BCUT2D eigenvalue weighted by Crippen LogP contribution is -2.43. The summed E-state index contributed by atoms with van der Waals surface area (Å²) in [5.41, 5.74) is 2.25. The molecule has 2 N–H and O–H groups in total. The molecule has 0 bridgehead atoms. The van der Waals surface area contributed by atoms with Gasteiger partial charge in [0.05, 0.1) is 5.75 Å². The van der Waals surface area contributed by atoms with Crippen molar-refractivity contribution < 1.29 is 9.53 Å². The first kappa shape index (κ1) is 20.5. The van der Waals surface area contributed by atoms with Gasteiger partial charge in [-0.15, -0.1) is 10.2 Å². The number of carbonyl (C=O) groups is 1. The van der Waals surface area contributed by atoms with Crippen molar-refractivity contribution in [3.05, 3.63) is 35.2 Å². The number of hydrogen-bond donors (Lipinski definition) is 1. The summed E-state index contributed by atoms with van der Waals surface area (Å²) in [5, 5.41) is 8.74. The molecule has 8 heteroatoms. The predicted molar refractivity (Wildman–Crippen MR) is 111 cm³/mol. The van der Waals surface area contributed by atoms with Crippen molar-refractivity contribution in [2.75, 3.05) is 24.7 Å². The summed E-state index contributed by atoms with van der Waals surface area (Å²) in [6, 6.07) is 6.01. The van der Waals surface area contributed by atoms with Gasteiger partial charge in [0.1, 0.15) is 12.4 Å². The number of hydrogen-bond acceptors (Lipinski definition) is 6. The lowest BCUT2D eigenvalue weighted by atomic mass is 9.92. The summed E-state index contributed by atoms with van der Waals surface area (Å²) in [5.74, 6) is 8.95. The molecule has 1 aliphatic heterocycles. The number of amides is 1. The highest BCUT2D eigenvalue weighted by atomic mass is 32.2. The Balaban J connectivity index is 1.55. The third kappa shape index (κ3) is 4.98. The summed E-state index contributed by atoms with van der Waals surface area (Å²) < 4.78 is 7.23. The number of benzene rings is 1. The van der Waals surface area contributed by atoms with Crippen LogP contribution >= 0.6 is 11.8 Å². The first-order valence-electron chi connectivity index (χ1n) is 9.63. The van der Waals surface area contributed by atoms with Gasteiger partial charge >= 0.3 is 0 Å². The molecule has 0 aliphatic carbocycles. The predicted octanol–water partition coefficient (Wildman–Crippen LogP) is 2.78. The van der Waals surface area contributed by atoms with E-state index in [-0.39, 0.29) is 12.5 Å². The van der Waals surface area contributed by atoms with Crippen LogP contribution < -0.4 is 10.6 Å². The third-order valence-corrected chi connectivity index (χ3v) is 5.90. The Morgan fingerprint density at radius 1 is 1.25 bits per heavy atom. The highest BCUT2D eigenvalue weighted by molar-refractivity contribution is 7.99. The van der Waals surface area contributed by atoms with E-state index in [0.29, 0.717) is 28.6 Å². The number of aromatic nitrogens is 3. The monoisotopic (exact) mass is 403 g/mol. The van der Waals surface area contributed by atoms with E-state index < -0.39 is 0 Å². The van der Waals surface area contributed by atoms with Gasteiger partial charge in [0.15, 0.2) is 5.82 Å². The second-order valence-electron chi connectivity index (χ2n) is 7.86. The number of ether oxygens (including phenoxy) is 1. The highest BCUT2D eigenvalue weighted by Crippen LogP contribution is 2.23. The van der Waals surface area contributed by atoms with Gasteiger partial charge in [0.2, 0.25) is 11.1 Å². The van der Waals surface area contributed by atoms with Gasteiger partial charge in [0, 0.05) is 13.1 Å². The Labute approximate surface area is 170 Å². The normalized spacial score (nSPS) is 19.6. The largest absolute Gasteiger partial charge is 0.485 e. The average Bonchev–Trinajstić information content (AvgIpc) is 2.98. The van der Waals surface area contributed by atoms with Crippen LogP contribution in [0.3, 0.4) is 0 Å². The topological polar surface area (TPSA) is 86.3 Å². The van der Waals surface area contributed by atoms with Gasteiger partial charge in [-0.05, 0) is 43.7 Å². The Kier molecular flexibility index (Phi) is 6.49. The van der Waals surface area contributed by atoms with Gasteiger partial charge in [0.25, 0.3) is 0 Å². The minimum atomic E-state index is 0.125. The zero-order valence-corrected chi connectivity index (χ0v) is 17.8. The lowest BCUT2D eigenvalue weighted by molar-refractivity contribution is -0.130. The molecule has 2 aromatic rings. The first-order chi connectivity index (χ1) is 13.3. The standard InChI is InChI=1S/C20H29N5O2S/c1-13-5-6-17(16(4)8-13)27-11-18-22-23-20(25(18)21)28-12-19(26)24-9-14(2)7-15(3)10-24/h5-6,8,14-15H,7,9-12,21H2,1-4H3. The number of nitrogen functional groups attached to an aromatic ring is 1. The van der Waals surface area contributed by atoms with Crippen molar-refractivity contribution in [2.45, 2.75) is 45.9 Å². The zero-order valence-electron chi connectivity index (χ0n) is 17.0. The molecule has 3 rings (SSSR count). The van der Waals surface area contributed by atoms with Crippen LogP contribution in [0.5, 0.6) is 5.75 Å². The molecular weight excluding hydrogens is 374 g/mol. The number of piperidine rings is 1. The van der Waals surface area contributed by atoms with Crippen LogP contribution in [0.2, 0.25) is 0 Å². The van der Waals surface area contributed by atoms with Gasteiger partial charge in [-0.25, -0.2) is 4.68 Å². The number of rotatable bonds is 6. The highest BCUT2D eigenvalue weighted by Gasteiger charge is 2.25. The molecule has 1 aromatic heterocycles. The lowest BCUT2D eigenvalue weighted by Gasteiger charge is -2.34. The molecule has 0 radical (unpaired) electrons. The van der Waals surface area contributed by atoms with Crippen molar-refractivity contribution >= 4 is 17.7 Å². The van der Waals surface area contributed by atoms with Crippen LogP contribution in [-0.4, -0.2) is 44.5 Å². The Bertz CT molecular complexity index is 828. The maximum Gasteiger partial charge on any atom is 0.233 e. The van der Waals surface area contributed by atoms with Crippen LogP contribution in [0.15, 0.2) is 23.4 Å². The fourth-order valence-electron chi connectivity index (χ4n) is 3.69. The number of aryl methyl sites for hydroxylation is 2. The first-order valence-corrected chi connectivity index (χ1v) is 10.6. The van der Waals surface area contributed by atoms with Crippen LogP contribution in [-0.2, 0) is 11.4 Å². The second kappa shape index (κ2) is 8.86. The Hall–Kier alpha value is -2.22. The minimum Gasteiger partial charge on any atom is -0.485 e. The molecule has 1 aromatic carbocycles. The summed E-state index contributed by atoms with van der Waals surface area (Å²) in [4.78, 5) is 14.5.